The van der Waals surface area contributed by atoms with Gasteiger partial charge in [0, 0.05) is 29.8 Å². The maximum atomic E-state index is 9.76. The molecule has 0 saturated carbocycles. The first kappa shape index (κ1) is 14.6. The normalized spacial score (nSPS) is 12.7. The van der Waals surface area contributed by atoms with E-state index in [9.17, 15) is 5.11 Å². The molecular formula is C12H17Cl2NO2. The summed E-state index contributed by atoms with van der Waals surface area (Å²) in [5, 5.41) is 22.6. The van der Waals surface area contributed by atoms with Gasteiger partial charge in [-0.1, -0.05) is 30.1 Å². The first-order valence-electron chi connectivity index (χ1n) is 5.59. The van der Waals surface area contributed by atoms with Crippen LogP contribution >= 0.6 is 23.2 Å². The molecular weight excluding hydrogens is 261 g/mol. The van der Waals surface area contributed by atoms with Crippen LogP contribution in [0.3, 0.4) is 0 Å². The summed E-state index contributed by atoms with van der Waals surface area (Å²) < 4.78 is 0. The lowest BCUT2D eigenvalue weighted by Crippen LogP contribution is -2.28. The Morgan fingerprint density at radius 1 is 1.35 bits per heavy atom. The lowest BCUT2D eigenvalue weighted by molar-refractivity contribution is 0.261. The van der Waals surface area contributed by atoms with Crippen LogP contribution in [-0.2, 0) is 6.54 Å². The molecule has 0 aliphatic carbocycles. The molecule has 1 unspecified atom stereocenters. The third-order valence-electron chi connectivity index (χ3n) is 2.66. The van der Waals surface area contributed by atoms with Gasteiger partial charge in [-0.2, -0.15) is 0 Å². The molecule has 0 bridgehead atoms. The third kappa shape index (κ3) is 4.36. The first-order valence-corrected chi connectivity index (χ1v) is 6.35. The highest BCUT2D eigenvalue weighted by Crippen LogP contribution is 2.31. The number of halogens is 2. The maximum Gasteiger partial charge on any atom is 0.138 e. The number of nitrogens with one attached hydrogen (secondary N) is 1. The van der Waals surface area contributed by atoms with Crippen molar-refractivity contribution < 1.29 is 10.2 Å². The second-order valence-corrected chi connectivity index (χ2v) is 4.74. The van der Waals surface area contributed by atoms with Gasteiger partial charge in [0.2, 0.25) is 0 Å². The van der Waals surface area contributed by atoms with Crippen LogP contribution in [0.2, 0.25) is 10.0 Å². The number of aliphatic hydroxyl groups excluding tert-OH is 1. The second kappa shape index (κ2) is 7.07. The molecule has 1 aromatic rings. The van der Waals surface area contributed by atoms with E-state index in [1.807, 2.05) is 6.92 Å². The molecule has 1 rings (SSSR count). The summed E-state index contributed by atoms with van der Waals surface area (Å²) in [5.74, 6) is 0.0578. The Balaban J connectivity index is 2.68. The molecule has 3 N–H and O–H groups in total. The molecule has 3 nitrogen and oxygen atoms in total. The molecule has 0 aromatic heterocycles. The number of aliphatic hydroxyl groups is 1. The van der Waals surface area contributed by atoms with Crippen LogP contribution in [0.15, 0.2) is 12.1 Å². The number of benzene rings is 1. The van der Waals surface area contributed by atoms with Crippen LogP contribution in [-0.4, -0.2) is 22.9 Å². The zero-order valence-electron chi connectivity index (χ0n) is 9.71. The quantitative estimate of drug-likeness (QED) is 0.750. The molecule has 0 heterocycles. The number of phenols is 1. The van der Waals surface area contributed by atoms with Gasteiger partial charge in [0.05, 0.1) is 5.02 Å². The summed E-state index contributed by atoms with van der Waals surface area (Å²) >= 11 is 11.7. The van der Waals surface area contributed by atoms with Gasteiger partial charge in [-0.05, 0) is 25.0 Å². The zero-order chi connectivity index (χ0) is 12.8. The Bertz CT molecular complexity index is 372. The largest absolute Gasteiger partial charge is 0.506 e. The van der Waals surface area contributed by atoms with Crippen molar-refractivity contribution in [3.63, 3.8) is 0 Å². The SMILES string of the molecule is CCC(CCO)NCc1cc(Cl)cc(Cl)c1O. The predicted molar refractivity (Wildman–Crippen MR) is 70.7 cm³/mol. The summed E-state index contributed by atoms with van der Waals surface area (Å²) in [6.07, 6.45) is 1.60. The van der Waals surface area contributed by atoms with Crippen LogP contribution in [0.25, 0.3) is 0 Å². The number of hydrogen-bond acceptors (Lipinski definition) is 3. The van der Waals surface area contributed by atoms with E-state index in [-0.39, 0.29) is 23.4 Å². The number of hydrogen-bond donors (Lipinski definition) is 3. The van der Waals surface area contributed by atoms with Crippen molar-refractivity contribution in [3.05, 3.63) is 27.7 Å². The van der Waals surface area contributed by atoms with Gasteiger partial charge in [0.25, 0.3) is 0 Å². The second-order valence-electron chi connectivity index (χ2n) is 3.89. The fourth-order valence-corrected chi connectivity index (χ4v) is 2.15. The third-order valence-corrected chi connectivity index (χ3v) is 3.16. The van der Waals surface area contributed by atoms with E-state index in [1.54, 1.807) is 6.07 Å². The summed E-state index contributed by atoms with van der Waals surface area (Å²) in [4.78, 5) is 0. The van der Waals surface area contributed by atoms with Crippen molar-refractivity contribution in [1.82, 2.24) is 5.32 Å². The average Bonchev–Trinajstić information content (AvgIpc) is 2.30. The summed E-state index contributed by atoms with van der Waals surface area (Å²) in [6.45, 7) is 2.66. The van der Waals surface area contributed by atoms with Crippen LogP contribution in [0.4, 0.5) is 0 Å². The Hall–Kier alpha value is -0.480. The molecule has 0 amide bonds. The monoisotopic (exact) mass is 277 g/mol. The highest BCUT2D eigenvalue weighted by atomic mass is 35.5. The van der Waals surface area contributed by atoms with Crippen LogP contribution in [0.5, 0.6) is 5.75 Å². The van der Waals surface area contributed by atoms with Gasteiger partial charge >= 0.3 is 0 Å². The zero-order valence-corrected chi connectivity index (χ0v) is 11.2. The highest BCUT2D eigenvalue weighted by molar-refractivity contribution is 6.35. The molecule has 0 radical (unpaired) electrons. The molecule has 1 atom stereocenters. The van der Waals surface area contributed by atoms with Crippen molar-refractivity contribution in [2.45, 2.75) is 32.4 Å². The Kier molecular flexibility index (Phi) is 6.06. The van der Waals surface area contributed by atoms with Gasteiger partial charge in [0.15, 0.2) is 0 Å². The summed E-state index contributed by atoms with van der Waals surface area (Å²) in [6, 6.07) is 3.41. The van der Waals surface area contributed by atoms with Gasteiger partial charge < -0.3 is 15.5 Å². The number of rotatable bonds is 6. The van der Waals surface area contributed by atoms with Crippen molar-refractivity contribution in [1.29, 1.82) is 0 Å². The predicted octanol–water partition coefficient (Wildman–Crippen LogP) is 2.95. The highest BCUT2D eigenvalue weighted by Gasteiger charge is 2.10. The van der Waals surface area contributed by atoms with Crippen molar-refractivity contribution in [2.24, 2.45) is 0 Å². The lowest BCUT2D eigenvalue weighted by Gasteiger charge is -2.16. The van der Waals surface area contributed by atoms with Crippen molar-refractivity contribution in [2.75, 3.05) is 6.61 Å². The van der Waals surface area contributed by atoms with Gasteiger partial charge in [-0.25, -0.2) is 0 Å². The molecule has 96 valence electrons. The van der Waals surface area contributed by atoms with Crippen LogP contribution in [0, 0.1) is 0 Å². The molecule has 1 aromatic carbocycles. The number of phenolic OH excluding ortho intramolecular Hbond substituents is 1. The topological polar surface area (TPSA) is 52.5 Å². The summed E-state index contributed by atoms with van der Waals surface area (Å²) in [7, 11) is 0. The van der Waals surface area contributed by atoms with Crippen LogP contribution < -0.4 is 5.32 Å². The van der Waals surface area contributed by atoms with E-state index in [0.717, 1.165) is 6.42 Å². The molecule has 0 spiro atoms. The van der Waals surface area contributed by atoms with Gasteiger partial charge in [0.1, 0.15) is 5.75 Å². The Labute approximate surface area is 111 Å². The van der Waals surface area contributed by atoms with E-state index in [4.69, 9.17) is 28.3 Å². The smallest absolute Gasteiger partial charge is 0.138 e. The Morgan fingerprint density at radius 3 is 2.65 bits per heavy atom. The van der Waals surface area contributed by atoms with E-state index < -0.39 is 0 Å². The number of aromatic hydroxyl groups is 1. The van der Waals surface area contributed by atoms with Gasteiger partial charge in [-0.15, -0.1) is 0 Å². The van der Waals surface area contributed by atoms with Gasteiger partial charge in [-0.3, -0.25) is 0 Å². The Morgan fingerprint density at radius 2 is 2.06 bits per heavy atom. The molecule has 5 heteroatoms. The van der Waals surface area contributed by atoms with E-state index in [2.05, 4.69) is 5.32 Å². The van der Waals surface area contributed by atoms with E-state index >= 15 is 0 Å². The van der Waals surface area contributed by atoms with Crippen molar-refractivity contribution >= 4 is 23.2 Å². The molecule has 0 saturated heterocycles. The van der Waals surface area contributed by atoms with E-state index in [1.165, 1.54) is 6.07 Å². The first-order chi connectivity index (χ1) is 8.08. The lowest BCUT2D eigenvalue weighted by atomic mass is 10.1. The van der Waals surface area contributed by atoms with E-state index in [0.29, 0.717) is 23.6 Å². The van der Waals surface area contributed by atoms with Crippen molar-refractivity contribution in [3.8, 4) is 5.75 Å². The minimum atomic E-state index is 0.0578. The molecule has 0 aliphatic rings. The standard InChI is InChI=1S/C12H17Cl2NO2/c1-2-10(3-4-16)15-7-8-5-9(13)6-11(14)12(8)17/h5-6,10,15-17H,2-4,7H2,1H3. The molecule has 0 fully saturated rings. The average molecular weight is 278 g/mol. The fraction of sp³-hybridized carbons (Fsp3) is 0.500. The molecule has 0 aliphatic heterocycles. The maximum absolute atomic E-state index is 9.76. The summed E-state index contributed by atoms with van der Waals surface area (Å²) in [5.41, 5.74) is 0.666. The minimum absolute atomic E-state index is 0.0578. The minimum Gasteiger partial charge on any atom is -0.506 e. The molecule has 17 heavy (non-hydrogen) atoms. The van der Waals surface area contributed by atoms with Crippen LogP contribution in [0.1, 0.15) is 25.3 Å². The fourth-order valence-electron chi connectivity index (χ4n) is 1.61.